The van der Waals surface area contributed by atoms with Gasteiger partial charge in [-0.15, -0.1) is 0 Å². The fourth-order valence-electron chi connectivity index (χ4n) is 11.6. The van der Waals surface area contributed by atoms with Crippen LogP contribution in [0.1, 0.15) is 52.7 Å². The monoisotopic (exact) mass is 1040 g/mol. The summed E-state index contributed by atoms with van der Waals surface area (Å²) in [6.45, 7) is 13.9. The molecule has 0 aromatic heterocycles. The molecule has 0 aliphatic carbocycles. The van der Waals surface area contributed by atoms with Gasteiger partial charge in [-0.3, -0.25) is 0 Å². The van der Waals surface area contributed by atoms with Crippen LogP contribution in [0.3, 0.4) is 0 Å². The molecule has 0 saturated carbocycles. The molecule has 80 heavy (non-hydrogen) atoms. The topological polar surface area (TPSA) is 13.0 Å². The van der Waals surface area contributed by atoms with Gasteiger partial charge in [0.2, 0.25) is 0 Å². The van der Waals surface area contributed by atoms with Crippen LogP contribution in [0.15, 0.2) is 279 Å². The summed E-state index contributed by atoms with van der Waals surface area (Å²) in [5, 5.41) is 7.26. The first-order chi connectivity index (χ1) is 38.9. The molecule has 0 aliphatic rings. The van der Waals surface area contributed by atoms with E-state index in [-0.39, 0.29) is 10.8 Å². The fourth-order valence-corrected chi connectivity index (χ4v) is 11.6. The largest absolute Gasteiger partial charge is 0.310 e. The van der Waals surface area contributed by atoms with Gasteiger partial charge in [-0.1, -0.05) is 193 Å². The SMILES string of the molecule is CC(C)(C)Cc1ccc(N(c2ccc(N(c3ccc(N(c4ccccc4)c4cccc5ccccc45)cc3)c3ccc(N(c4ccccc4)c4cc(CC(C)(C)C)cc5ccccc45)cc3)cc2)c2cccc3ccccc23)cc1. The molecule has 12 rings (SSSR count). The van der Waals surface area contributed by atoms with E-state index in [1.807, 2.05) is 0 Å². The zero-order valence-electron chi connectivity index (χ0n) is 46.8. The van der Waals surface area contributed by atoms with Crippen LogP contribution in [0.4, 0.5) is 68.2 Å². The normalized spacial score (nSPS) is 11.7. The molecule has 0 radical (unpaired) electrons. The molecule has 4 nitrogen and oxygen atoms in total. The molecule has 392 valence electrons. The van der Waals surface area contributed by atoms with Gasteiger partial charge in [0.25, 0.3) is 0 Å². The quantitative estimate of drug-likeness (QED) is 0.108. The van der Waals surface area contributed by atoms with Crippen LogP contribution in [0.25, 0.3) is 32.3 Å². The van der Waals surface area contributed by atoms with Crippen LogP contribution in [-0.4, -0.2) is 0 Å². The fraction of sp³-hybridized carbons (Fsp3) is 0.132. The summed E-state index contributed by atoms with van der Waals surface area (Å²) in [6.07, 6.45) is 1.97. The van der Waals surface area contributed by atoms with Crippen LogP contribution in [0, 0.1) is 10.8 Å². The second kappa shape index (κ2) is 21.8. The highest BCUT2D eigenvalue weighted by atomic mass is 15.2. The average molecular weight is 1040 g/mol. The van der Waals surface area contributed by atoms with E-state index in [2.05, 4.69) is 340 Å². The van der Waals surface area contributed by atoms with Gasteiger partial charge in [-0.2, -0.15) is 0 Å². The highest BCUT2D eigenvalue weighted by molar-refractivity contribution is 6.02. The summed E-state index contributed by atoms with van der Waals surface area (Å²) < 4.78 is 0. The molecule has 0 aliphatic heterocycles. The second-order valence-corrected chi connectivity index (χ2v) is 23.5. The molecular formula is C76H68N4. The minimum atomic E-state index is 0.125. The minimum absolute atomic E-state index is 0.125. The Morgan fingerprint density at radius 3 is 0.912 bits per heavy atom. The van der Waals surface area contributed by atoms with Gasteiger partial charge in [0.15, 0.2) is 0 Å². The van der Waals surface area contributed by atoms with Gasteiger partial charge in [0.1, 0.15) is 0 Å². The minimum Gasteiger partial charge on any atom is -0.310 e. The zero-order valence-corrected chi connectivity index (χ0v) is 46.8. The molecule has 12 aromatic carbocycles. The number of fused-ring (bicyclic) bond motifs is 3. The first-order valence-corrected chi connectivity index (χ1v) is 28.1. The Morgan fingerprint density at radius 1 is 0.225 bits per heavy atom. The van der Waals surface area contributed by atoms with Crippen molar-refractivity contribution in [1.29, 1.82) is 0 Å². The zero-order chi connectivity index (χ0) is 54.8. The maximum Gasteiger partial charge on any atom is 0.0542 e. The lowest BCUT2D eigenvalue weighted by molar-refractivity contribution is 0.411. The third-order valence-corrected chi connectivity index (χ3v) is 14.9. The number of para-hydroxylation sites is 2. The Kier molecular flexibility index (Phi) is 14.0. The Bertz CT molecular complexity index is 4050. The molecule has 0 saturated heterocycles. The molecule has 0 N–H and O–H groups in total. The Balaban J connectivity index is 0.990. The number of hydrogen-bond donors (Lipinski definition) is 0. The smallest absolute Gasteiger partial charge is 0.0542 e. The van der Waals surface area contributed by atoms with Gasteiger partial charge < -0.3 is 19.6 Å². The van der Waals surface area contributed by atoms with Crippen molar-refractivity contribution in [3.8, 4) is 0 Å². The lowest BCUT2D eigenvalue weighted by atomic mass is 9.87. The second-order valence-electron chi connectivity index (χ2n) is 23.5. The van der Waals surface area contributed by atoms with Gasteiger partial charge in [-0.05, 0) is 178 Å². The highest BCUT2D eigenvalue weighted by Gasteiger charge is 2.23. The summed E-state index contributed by atoms with van der Waals surface area (Å²) in [7, 11) is 0. The van der Waals surface area contributed by atoms with Crippen molar-refractivity contribution in [2.24, 2.45) is 10.8 Å². The van der Waals surface area contributed by atoms with E-state index in [9.17, 15) is 0 Å². The van der Waals surface area contributed by atoms with E-state index in [0.29, 0.717) is 0 Å². The van der Waals surface area contributed by atoms with Crippen LogP contribution in [0.5, 0.6) is 0 Å². The average Bonchev–Trinajstić information content (AvgIpc) is 3.49. The van der Waals surface area contributed by atoms with Crippen molar-refractivity contribution in [3.63, 3.8) is 0 Å². The number of benzene rings is 12. The summed E-state index contributed by atoms with van der Waals surface area (Å²) in [6, 6.07) is 102. The maximum atomic E-state index is 2.43. The Morgan fingerprint density at radius 2 is 0.512 bits per heavy atom. The molecule has 4 heteroatoms. The van der Waals surface area contributed by atoms with E-state index in [1.54, 1.807) is 0 Å². The molecule has 0 fully saturated rings. The molecule has 0 atom stereocenters. The third-order valence-electron chi connectivity index (χ3n) is 14.9. The number of rotatable bonds is 14. The molecule has 0 heterocycles. The third kappa shape index (κ3) is 10.9. The van der Waals surface area contributed by atoms with Crippen LogP contribution in [0.2, 0.25) is 0 Å². The first-order valence-electron chi connectivity index (χ1n) is 28.1. The molecule has 0 amide bonds. The van der Waals surface area contributed by atoms with E-state index in [1.165, 1.54) is 43.4 Å². The van der Waals surface area contributed by atoms with E-state index in [4.69, 9.17) is 0 Å². The van der Waals surface area contributed by atoms with Crippen molar-refractivity contribution < 1.29 is 0 Å². The van der Waals surface area contributed by atoms with Gasteiger partial charge >= 0.3 is 0 Å². The van der Waals surface area contributed by atoms with Gasteiger partial charge in [0, 0.05) is 67.3 Å². The summed E-state index contributed by atoms with van der Waals surface area (Å²) in [5.41, 5.74) is 16.1. The van der Waals surface area contributed by atoms with Crippen molar-refractivity contribution in [1.82, 2.24) is 0 Å². The van der Waals surface area contributed by atoms with Crippen LogP contribution >= 0.6 is 0 Å². The number of nitrogens with zero attached hydrogens (tertiary/aromatic N) is 4. The van der Waals surface area contributed by atoms with E-state index in [0.717, 1.165) is 81.1 Å². The standard InChI is InChI=1S/C76H68N4/c1-75(2,3)53-55-35-37-65(38-36-55)79(73-34-20-25-58-22-14-17-31-70(58)73)67-47-41-63(42-48-67)77(62-39-45-66(46-40-62)78(60-26-9-7-10-27-60)72-33-19-24-57-21-13-16-30-69(57)72)64-43-49-68(50-44-64)80(61-28-11-8-12-29-61)74-52-56(54-76(4,5)6)51-59-23-15-18-32-71(59)74/h7-52H,53-54H2,1-6H3. The van der Waals surface area contributed by atoms with Crippen molar-refractivity contribution in [2.75, 3.05) is 19.6 Å². The van der Waals surface area contributed by atoms with E-state index < -0.39 is 0 Å². The first kappa shape index (κ1) is 51.4. The van der Waals surface area contributed by atoms with Crippen molar-refractivity contribution >= 4 is 101 Å². The summed E-state index contributed by atoms with van der Waals surface area (Å²) in [5.74, 6) is 0. The van der Waals surface area contributed by atoms with Gasteiger partial charge in [0.05, 0.1) is 17.1 Å². The molecule has 0 spiro atoms. The predicted molar refractivity (Wildman–Crippen MR) is 344 cm³/mol. The lowest BCUT2D eigenvalue weighted by Gasteiger charge is -2.31. The van der Waals surface area contributed by atoms with Crippen molar-refractivity contribution in [2.45, 2.75) is 54.4 Å². The van der Waals surface area contributed by atoms with Crippen LogP contribution < -0.4 is 19.6 Å². The predicted octanol–water partition coefficient (Wildman–Crippen LogP) is 22.2. The lowest BCUT2D eigenvalue weighted by Crippen LogP contribution is -2.14. The van der Waals surface area contributed by atoms with Crippen LogP contribution in [-0.2, 0) is 12.8 Å². The van der Waals surface area contributed by atoms with E-state index >= 15 is 0 Å². The maximum absolute atomic E-state index is 2.43. The Hall–Kier alpha value is -9.38. The molecule has 12 aromatic rings. The Labute approximate surface area is 473 Å². The highest BCUT2D eigenvalue weighted by Crippen LogP contribution is 2.46. The number of hydrogen-bond acceptors (Lipinski definition) is 4. The molecule has 0 unspecified atom stereocenters. The summed E-state index contributed by atoms with van der Waals surface area (Å²) in [4.78, 5) is 9.59. The molecular weight excluding hydrogens is 969 g/mol. The summed E-state index contributed by atoms with van der Waals surface area (Å²) >= 11 is 0. The number of anilines is 12. The van der Waals surface area contributed by atoms with Gasteiger partial charge in [-0.25, -0.2) is 0 Å². The van der Waals surface area contributed by atoms with Crippen molar-refractivity contribution in [3.05, 3.63) is 290 Å². The molecule has 0 bridgehead atoms.